The summed E-state index contributed by atoms with van der Waals surface area (Å²) in [5.74, 6) is -2.08. The van der Waals surface area contributed by atoms with Crippen molar-refractivity contribution in [1.82, 2.24) is 0 Å². The molecule has 0 spiro atoms. The number of ether oxygens (including phenoxy) is 3. The van der Waals surface area contributed by atoms with Crippen LogP contribution in [0, 0.1) is 0 Å². The summed E-state index contributed by atoms with van der Waals surface area (Å²) in [4.78, 5) is 25.1. The van der Waals surface area contributed by atoms with Gasteiger partial charge in [0.05, 0.1) is 16.8 Å². The van der Waals surface area contributed by atoms with E-state index in [1.807, 2.05) is 0 Å². The van der Waals surface area contributed by atoms with Crippen LogP contribution in [-0.4, -0.2) is 45.6 Å². The first-order valence-electron chi connectivity index (χ1n) is 8.27. The molecule has 0 rings (SSSR count). The smallest absolute Gasteiger partial charge is 0.344 e. The predicted molar refractivity (Wildman–Crippen MR) is 92.0 cm³/mol. The van der Waals surface area contributed by atoms with Crippen molar-refractivity contribution >= 4 is 11.8 Å². The Morgan fingerprint density at radius 3 is 1.40 bits per heavy atom. The van der Waals surface area contributed by atoms with E-state index in [1.165, 1.54) is 0 Å². The van der Waals surface area contributed by atoms with Crippen LogP contribution in [0.4, 0.5) is 0 Å². The van der Waals surface area contributed by atoms with E-state index in [1.54, 1.807) is 69.2 Å². The quantitative estimate of drug-likeness (QED) is 0.484. The van der Waals surface area contributed by atoms with Crippen molar-refractivity contribution < 1.29 is 55.1 Å². The molecule has 0 saturated carbocycles. The first kappa shape index (κ1) is 27.1. The number of carbonyl (C=O) groups is 2. The fourth-order valence-corrected chi connectivity index (χ4v) is 2.08. The minimum Gasteiger partial charge on any atom is -0.479 e. The first-order valence-corrected chi connectivity index (χ1v) is 8.27. The van der Waals surface area contributed by atoms with E-state index in [2.05, 4.69) is 0 Å². The van der Waals surface area contributed by atoms with Crippen LogP contribution in [0.1, 0.15) is 75.7 Å². The van der Waals surface area contributed by atoms with Gasteiger partial charge in [-0.1, -0.05) is 6.92 Å². The van der Waals surface area contributed by atoms with E-state index in [4.69, 9.17) is 14.2 Å². The van der Waals surface area contributed by atoms with Gasteiger partial charge in [0.15, 0.2) is 0 Å². The molecular formula is C18H34O6Zr. The van der Waals surface area contributed by atoms with Crippen LogP contribution in [0.3, 0.4) is 0 Å². The van der Waals surface area contributed by atoms with Crippen LogP contribution in [0.2, 0.25) is 0 Å². The number of hydrogen-bond acceptors (Lipinski definition) is 5. The second kappa shape index (κ2) is 9.21. The summed E-state index contributed by atoms with van der Waals surface area (Å²) >= 11 is 0. The number of rotatable bonds is 7. The number of carboxylic acids is 1. The SMILES string of the molecule is CCC(OC(C)(C)C)(C(=O)O)C(=O)C(OC(C)(C)C)OC(C)(C)C.[Zr]. The third-order valence-corrected chi connectivity index (χ3v) is 2.86. The number of aliphatic carboxylic acids is 1. The molecule has 0 aliphatic heterocycles. The van der Waals surface area contributed by atoms with Gasteiger partial charge in [0.25, 0.3) is 0 Å². The van der Waals surface area contributed by atoms with E-state index >= 15 is 0 Å². The summed E-state index contributed by atoms with van der Waals surface area (Å²) in [6.07, 6.45) is -1.38. The minimum absolute atomic E-state index is 0. The Labute approximate surface area is 171 Å². The zero-order valence-electron chi connectivity index (χ0n) is 17.3. The van der Waals surface area contributed by atoms with E-state index in [0.717, 1.165) is 0 Å². The Bertz CT molecular complexity index is 440. The molecule has 0 aliphatic rings. The molecule has 0 saturated heterocycles. The van der Waals surface area contributed by atoms with Crippen molar-refractivity contribution in [3.63, 3.8) is 0 Å². The molecule has 0 amide bonds. The van der Waals surface area contributed by atoms with Crippen molar-refractivity contribution in [1.29, 1.82) is 0 Å². The van der Waals surface area contributed by atoms with E-state index in [0.29, 0.717) is 0 Å². The molecule has 7 heteroatoms. The summed E-state index contributed by atoms with van der Waals surface area (Å²) in [5, 5.41) is 9.75. The molecular weight excluding hydrogens is 403 g/mol. The zero-order valence-corrected chi connectivity index (χ0v) is 19.7. The zero-order chi connectivity index (χ0) is 19.6. The Balaban J connectivity index is 0. The molecule has 0 radical (unpaired) electrons. The van der Waals surface area contributed by atoms with Gasteiger partial charge in [-0.3, -0.25) is 4.79 Å². The van der Waals surface area contributed by atoms with Crippen LogP contribution >= 0.6 is 0 Å². The van der Waals surface area contributed by atoms with Crippen molar-refractivity contribution in [3.8, 4) is 0 Å². The van der Waals surface area contributed by atoms with Gasteiger partial charge in [0.2, 0.25) is 17.7 Å². The third kappa shape index (κ3) is 9.41. The molecule has 1 N–H and O–H groups in total. The maximum atomic E-state index is 13.1. The van der Waals surface area contributed by atoms with Gasteiger partial charge in [0, 0.05) is 26.2 Å². The first-order chi connectivity index (χ1) is 10.4. The Morgan fingerprint density at radius 2 is 1.20 bits per heavy atom. The minimum atomic E-state index is -2.03. The fourth-order valence-electron chi connectivity index (χ4n) is 2.08. The van der Waals surface area contributed by atoms with Crippen LogP contribution < -0.4 is 0 Å². The molecule has 0 aromatic heterocycles. The molecule has 6 nitrogen and oxygen atoms in total. The van der Waals surface area contributed by atoms with E-state index in [-0.39, 0.29) is 32.6 Å². The molecule has 0 heterocycles. The monoisotopic (exact) mass is 436 g/mol. The van der Waals surface area contributed by atoms with Crippen LogP contribution in [0.15, 0.2) is 0 Å². The van der Waals surface area contributed by atoms with Crippen LogP contribution in [-0.2, 0) is 50.0 Å². The largest absolute Gasteiger partial charge is 0.479 e. The molecule has 1 unspecified atom stereocenters. The van der Waals surface area contributed by atoms with Gasteiger partial charge in [-0.15, -0.1) is 0 Å². The summed E-state index contributed by atoms with van der Waals surface area (Å²) in [7, 11) is 0. The number of carboxylic acid groups (broad SMARTS) is 1. The predicted octanol–water partition coefficient (Wildman–Crippen LogP) is 3.56. The van der Waals surface area contributed by atoms with Gasteiger partial charge in [0.1, 0.15) is 0 Å². The Kier molecular flexibility index (Phi) is 9.99. The maximum Gasteiger partial charge on any atom is 0.344 e. The van der Waals surface area contributed by atoms with Crippen molar-refractivity contribution in [3.05, 3.63) is 0 Å². The average molecular weight is 438 g/mol. The summed E-state index contributed by atoms with van der Waals surface area (Å²) in [6, 6.07) is 0. The van der Waals surface area contributed by atoms with Gasteiger partial charge >= 0.3 is 5.97 Å². The van der Waals surface area contributed by atoms with Gasteiger partial charge < -0.3 is 19.3 Å². The molecule has 25 heavy (non-hydrogen) atoms. The topological polar surface area (TPSA) is 82.1 Å². The normalized spacial score (nSPS) is 15.5. The molecule has 0 aromatic rings. The van der Waals surface area contributed by atoms with Crippen LogP contribution in [0.5, 0.6) is 0 Å². The number of hydrogen-bond donors (Lipinski definition) is 1. The summed E-state index contributed by atoms with van der Waals surface area (Å²) in [5.41, 5.74) is -4.23. The van der Waals surface area contributed by atoms with Gasteiger partial charge in [-0.2, -0.15) is 0 Å². The van der Waals surface area contributed by atoms with E-state index in [9.17, 15) is 14.7 Å². The summed E-state index contributed by atoms with van der Waals surface area (Å²) in [6.45, 7) is 17.4. The number of Topliss-reactive ketones (excluding diaryl/α,β-unsaturated/α-hetero) is 1. The number of carbonyl (C=O) groups excluding carboxylic acids is 1. The molecule has 0 bridgehead atoms. The van der Waals surface area contributed by atoms with Gasteiger partial charge in [-0.05, 0) is 68.7 Å². The third-order valence-electron chi connectivity index (χ3n) is 2.86. The average Bonchev–Trinajstić information content (AvgIpc) is 2.29. The molecule has 1 atom stereocenters. The van der Waals surface area contributed by atoms with Crippen molar-refractivity contribution in [2.75, 3.05) is 0 Å². The fraction of sp³-hybridized carbons (Fsp3) is 0.889. The maximum absolute atomic E-state index is 13.1. The molecule has 146 valence electrons. The second-order valence-corrected chi connectivity index (χ2v) is 8.86. The molecule has 0 fully saturated rings. The van der Waals surface area contributed by atoms with Crippen molar-refractivity contribution in [2.24, 2.45) is 0 Å². The van der Waals surface area contributed by atoms with Crippen LogP contribution in [0.25, 0.3) is 0 Å². The standard InChI is InChI=1S/C18H34O6.Zr/c1-11-18(14(20)21,24-17(8,9)10)12(19)13(22-15(2,3)4)23-16(5,6)7;/h13H,11H2,1-10H3,(H,20,21);. The van der Waals surface area contributed by atoms with Crippen molar-refractivity contribution in [2.45, 2.75) is 104 Å². The molecule has 0 aliphatic carbocycles. The molecule has 0 aromatic carbocycles. The Morgan fingerprint density at radius 1 is 0.840 bits per heavy atom. The second-order valence-electron chi connectivity index (χ2n) is 8.86. The Hall–Kier alpha value is -0.0969. The van der Waals surface area contributed by atoms with E-state index < -0.39 is 40.4 Å². The summed E-state index contributed by atoms with van der Waals surface area (Å²) < 4.78 is 17.2. The van der Waals surface area contributed by atoms with Gasteiger partial charge in [-0.25, -0.2) is 4.79 Å². The number of ketones is 1.